The van der Waals surface area contributed by atoms with Crippen LogP contribution in [0.3, 0.4) is 0 Å². The van der Waals surface area contributed by atoms with Gasteiger partial charge in [-0.1, -0.05) is 38.0 Å². The van der Waals surface area contributed by atoms with Crippen LogP contribution in [0.4, 0.5) is 4.79 Å². The summed E-state index contributed by atoms with van der Waals surface area (Å²) in [5, 5.41) is 4.84. The van der Waals surface area contributed by atoms with E-state index in [0.717, 1.165) is 24.2 Å². The predicted octanol–water partition coefficient (Wildman–Crippen LogP) is 0.987. The Hall–Kier alpha value is -3.23. The third kappa shape index (κ3) is 4.28. The average molecular weight is 401 g/mol. The number of ether oxygens (including phenoxy) is 1. The van der Waals surface area contributed by atoms with Gasteiger partial charge in [-0.05, 0) is 30.9 Å². The maximum atomic E-state index is 12.8. The van der Waals surface area contributed by atoms with E-state index < -0.39 is 48.4 Å². The summed E-state index contributed by atoms with van der Waals surface area (Å²) in [4.78, 5) is 61.6. The summed E-state index contributed by atoms with van der Waals surface area (Å²) in [6, 6.07) is 7.47. The molecule has 2 N–H and O–H groups in total. The van der Waals surface area contributed by atoms with Gasteiger partial charge in [-0.3, -0.25) is 29.4 Å². The zero-order chi connectivity index (χ0) is 21.0. The Morgan fingerprint density at radius 1 is 1.21 bits per heavy atom. The van der Waals surface area contributed by atoms with Crippen molar-refractivity contribution >= 4 is 29.7 Å². The second-order valence-electron chi connectivity index (χ2n) is 7.34. The van der Waals surface area contributed by atoms with E-state index in [1.165, 1.54) is 12.1 Å². The summed E-state index contributed by atoms with van der Waals surface area (Å²) in [6.07, 6.45) is 3.17. The first-order chi connectivity index (χ1) is 13.8. The van der Waals surface area contributed by atoms with Gasteiger partial charge in [0, 0.05) is 5.56 Å². The molecule has 154 valence electrons. The fourth-order valence-electron chi connectivity index (χ4n) is 3.78. The molecule has 9 heteroatoms. The maximum Gasteiger partial charge on any atom is 0.326 e. The van der Waals surface area contributed by atoms with Crippen LogP contribution in [0.15, 0.2) is 30.3 Å². The van der Waals surface area contributed by atoms with Crippen LogP contribution < -0.4 is 10.6 Å². The average Bonchev–Trinajstić information content (AvgIpc) is 2.94. The topological polar surface area (TPSA) is 122 Å². The summed E-state index contributed by atoms with van der Waals surface area (Å²) in [5.74, 6) is -2.79. The van der Waals surface area contributed by atoms with E-state index in [4.69, 9.17) is 4.74 Å². The molecule has 1 saturated carbocycles. The Balaban J connectivity index is 1.50. The van der Waals surface area contributed by atoms with Crippen molar-refractivity contribution in [3.05, 3.63) is 35.9 Å². The van der Waals surface area contributed by atoms with Gasteiger partial charge < -0.3 is 10.1 Å². The van der Waals surface area contributed by atoms with Crippen LogP contribution in [-0.4, -0.2) is 53.3 Å². The third-order valence-corrected chi connectivity index (χ3v) is 5.44. The molecule has 29 heavy (non-hydrogen) atoms. The van der Waals surface area contributed by atoms with Crippen LogP contribution in [0.2, 0.25) is 0 Å². The van der Waals surface area contributed by atoms with Gasteiger partial charge in [-0.15, -0.1) is 0 Å². The van der Waals surface area contributed by atoms with Crippen molar-refractivity contribution in [3.8, 4) is 0 Å². The van der Waals surface area contributed by atoms with Gasteiger partial charge >= 0.3 is 12.0 Å². The monoisotopic (exact) mass is 401 g/mol. The summed E-state index contributed by atoms with van der Waals surface area (Å²) >= 11 is 0. The maximum absolute atomic E-state index is 12.8. The van der Waals surface area contributed by atoms with E-state index in [-0.39, 0.29) is 5.92 Å². The molecule has 1 aliphatic heterocycles. The zero-order valence-corrected chi connectivity index (χ0v) is 16.1. The summed E-state index contributed by atoms with van der Waals surface area (Å²) in [6.45, 7) is 0.634. The van der Waals surface area contributed by atoms with E-state index in [2.05, 4.69) is 10.6 Å². The number of urea groups is 1. The molecule has 1 aromatic carbocycles. The van der Waals surface area contributed by atoms with Crippen LogP contribution in [-0.2, 0) is 19.1 Å². The molecule has 0 aromatic heterocycles. The minimum atomic E-state index is -0.963. The number of nitrogens with one attached hydrogen (secondary N) is 2. The molecule has 9 nitrogen and oxygen atoms in total. The molecule has 0 unspecified atom stereocenters. The molecular formula is C20H23N3O6. The zero-order valence-electron chi connectivity index (χ0n) is 16.1. The highest BCUT2D eigenvalue weighted by atomic mass is 16.5. The number of carbonyl (C=O) groups is 5. The highest BCUT2D eigenvalue weighted by molar-refractivity contribution is 6.09. The minimum Gasteiger partial charge on any atom is -0.454 e. The lowest BCUT2D eigenvalue weighted by Gasteiger charge is -2.36. The molecule has 1 saturated heterocycles. The van der Waals surface area contributed by atoms with Crippen LogP contribution in [0.5, 0.6) is 0 Å². The summed E-state index contributed by atoms with van der Waals surface area (Å²) in [5.41, 5.74) is -0.673. The molecule has 0 bridgehead atoms. The van der Waals surface area contributed by atoms with Gasteiger partial charge in [0.1, 0.15) is 12.1 Å². The second kappa shape index (κ2) is 8.42. The van der Waals surface area contributed by atoms with Crippen LogP contribution in [0.1, 0.15) is 43.0 Å². The minimum absolute atomic E-state index is 0.0245. The smallest absolute Gasteiger partial charge is 0.326 e. The summed E-state index contributed by atoms with van der Waals surface area (Å²) in [7, 11) is 0. The normalized spacial score (nSPS) is 23.6. The molecule has 1 heterocycles. The quantitative estimate of drug-likeness (QED) is 0.560. The van der Waals surface area contributed by atoms with Gasteiger partial charge in [-0.25, -0.2) is 4.79 Å². The molecule has 2 atom stereocenters. The lowest BCUT2D eigenvalue weighted by molar-refractivity contribution is -0.151. The Kier molecular flexibility index (Phi) is 5.95. The van der Waals surface area contributed by atoms with E-state index in [1.54, 1.807) is 18.2 Å². The first-order valence-corrected chi connectivity index (χ1v) is 9.52. The van der Waals surface area contributed by atoms with Crippen molar-refractivity contribution in [2.45, 2.75) is 38.1 Å². The predicted molar refractivity (Wildman–Crippen MR) is 100 cm³/mol. The number of amides is 5. The first-order valence-electron chi connectivity index (χ1n) is 9.52. The molecule has 5 amide bonds. The van der Waals surface area contributed by atoms with Gasteiger partial charge in [0.25, 0.3) is 17.7 Å². The van der Waals surface area contributed by atoms with Crippen molar-refractivity contribution < 1.29 is 28.7 Å². The van der Waals surface area contributed by atoms with E-state index in [9.17, 15) is 24.0 Å². The van der Waals surface area contributed by atoms with Gasteiger partial charge in [0.2, 0.25) is 0 Å². The Morgan fingerprint density at radius 3 is 2.62 bits per heavy atom. The van der Waals surface area contributed by atoms with Crippen molar-refractivity contribution in [2.75, 3.05) is 13.2 Å². The summed E-state index contributed by atoms with van der Waals surface area (Å²) < 4.78 is 4.82. The highest BCUT2D eigenvalue weighted by Gasteiger charge is 2.55. The van der Waals surface area contributed by atoms with Crippen LogP contribution >= 0.6 is 0 Å². The molecule has 0 radical (unpaired) electrons. The van der Waals surface area contributed by atoms with Crippen molar-refractivity contribution in [3.63, 3.8) is 0 Å². The number of rotatable bonds is 5. The number of hydrogen-bond acceptors (Lipinski definition) is 6. The third-order valence-electron chi connectivity index (χ3n) is 5.44. The van der Waals surface area contributed by atoms with Gasteiger partial charge in [-0.2, -0.15) is 0 Å². The Morgan fingerprint density at radius 2 is 1.93 bits per heavy atom. The molecule has 1 aliphatic carbocycles. The van der Waals surface area contributed by atoms with Crippen LogP contribution in [0, 0.1) is 5.92 Å². The number of esters is 1. The number of carbonyl (C=O) groups excluding carboxylic acids is 5. The van der Waals surface area contributed by atoms with Crippen molar-refractivity contribution in [1.82, 2.24) is 15.5 Å². The number of benzene rings is 1. The first kappa shape index (κ1) is 20.5. The van der Waals surface area contributed by atoms with Crippen molar-refractivity contribution in [1.29, 1.82) is 0 Å². The largest absolute Gasteiger partial charge is 0.454 e. The number of hydrogen-bond donors (Lipinski definition) is 2. The second-order valence-corrected chi connectivity index (χ2v) is 7.34. The van der Waals surface area contributed by atoms with Gasteiger partial charge in [0.15, 0.2) is 6.61 Å². The molecule has 3 rings (SSSR count). The lowest BCUT2D eigenvalue weighted by atomic mass is 9.73. The fraction of sp³-hybridized carbons (Fsp3) is 0.450. The van der Waals surface area contributed by atoms with Crippen molar-refractivity contribution in [2.24, 2.45) is 5.92 Å². The van der Waals surface area contributed by atoms with Crippen LogP contribution in [0.25, 0.3) is 0 Å². The van der Waals surface area contributed by atoms with E-state index in [0.29, 0.717) is 12.0 Å². The van der Waals surface area contributed by atoms with E-state index >= 15 is 0 Å². The lowest BCUT2D eigenvalue weighted by Crippen LogP contribution is -2.54. The van der Waals surface area contributed by atoms with Gasteiger partial charge in [0.05, 0.1) is 0 Å². The number of nitrogens with zero attached hydrogens (tertiary/aromatic N) is 1. The molecule has 2 aliphatic rings. The Labute approximate surface area is 167 Å². The highest BCUT2D eigenvalue weighted by Crippen LogP contribution is 2.38. The molecule has 1 spiro atoms. The SMILES string of the molecule is C[C@@H]1CCCC[C@]12NC(=O)N(CC(=O)OCC(=O)NC(=O)c1ccccc1)C2=O. The Bertz CT molecular complexity index is 840. The molecular weight excluding hydrogens is 378 g/mol. The fourth-order valence-corrected chi connectivity index (χ4v) is 3.78. The number of imide groups is 2. The molecule has 1 aromatic rings. The molecule has 2 fully saturated rings. The van der Waals surface area contributed by atoms with E-state index in [1.807, 2.05) is 6.92 Å². The standard InChI is InChI=1S/C20H23N3O6/c1-13-7-5-6-10-20(13)18(27)23(19(28)22-20)11-16(25)29-12-15(24)21-17(26)14-8-3-2-4-9-14/h2-4,8-9,13H,5-7,10-12H2,1H3,(H,22,28)(H,21,24,26)/t13-,20+/m1/s1.